The quantitative estimate of drug-likeness (QED) is 0.697. The van der Waals surface area contributed by atoms with E-state index in [1.807, 2.05) is 18.2 Å². The van der Waals surface area contributed by atoms with Crippen LogP contribution >= 0.6 is 11.8 Å². The lowest BCUT2D eigenvalue weighted by molar-refractivity contribution is -0.122. The predicted molar refractivity (Wildman–Crippen MR) is 100 cm³/mol. The van der Waals surface area contributed by atoms with Crippen LogP contribution in [0.25, 0.3) is 0 Å². The second-order valence-corrected chi connectivity index (χ2v) is 7.73. The first kappa shape index (κ1) is 19.0. The van der Waals surface area contributed by atoms with Gasteiger partial charge in [-0.2, -0.15) is 0 Å². The highest BCUT2D eigenvalue weighted by molar-refractivity contribution is 7.99. The van der Waals surface area contributed by atoms with Gasteiger partial charge < -0.3 is 10.1 Å². The molecule has 0 bridgehead atoms. The third-order valence-electron chi connectivity index (χ3n) is 4.47. The van der Waals surface area contributed by atoms with Gasteiger partial charge in [-0.05, 0) is 24.3 Å². The summed E-state index contributed by atoms with van der Waals surface area (Å²) < 4.78 is 0. The maximum Gasteiger partial charge on any atom is 0.220 e. The molecule has 1 N–H and O–H groups in total. The van der Waals surface area contributed by atoms with Crippen molar-refractivity contribution in [2.45, 2.75) is 45.2 Å². The number of nitrogens with one attached hydrogen (secondary N) is 1. The molecule has 2 atom stereocenters. The molecule has 0 spiro atoms. The standard InChI is InChI=1S/C19H28N2O2S/c1-15(2)18(11-21-14-24-13-17(21)12-22)20-19(23)10-6-9-16-7-4-3-5-8-16/h3-5,7-8,12,15,17-18H,6,9-11,13-14H2,1-2H3,(H,20,23)/t17-,18?/m1/s1. The molecule has 1 aliphatic rings. The molecule has 1 aromatic carbocycles. The van der Waals surface area contributed by atoms with Crippen molar-refractivity contribution in [3.8, 4) is 0 Å². The Morgan fingerprint density at radius 2 is 2.12 bits per heavy atom. The zero-order valence-corrected chi connectivity index (χ0v) is 15.4. The Morgan fingerprint density at radius 1 is 1.38 bits per heavy atom. The Balaban J connectivity index is 1.77. The van der Waals surface area contributed by atoms with E-state index < -0.39 is 0 Å². The fraction of sp³-hybridized carbons (Fsp3) is 0.579. The molecule has 1 amide bonds. The lowest BCUT2D eigenvalue weighted by atomic mass is 10.0. The lowest BCUT2D eigenvalue weighted by Gasteiger charge is -2.29. The fourth-order valence-electron chi connectivity index (χ4n) is 2.86. The van der Waals surface area contributed by atoms with Crippen LogP contribution in [0.5, 0.6) is 0 Å². The maximum atomic E-state index is 12.3. The van der Waals surface area contributed by atoms with Gasteiger partial charge in [0.05, 0.1) is 6.04 Å². The minimum absolute atomic E-state index is 0.00812. The summed E-state index contributed by atoms with van der Waals surface area (Å²) >= 11 is 1.78. The number of aryl methyl sites for hydroxylation is 1. The largest absolute Gasteiger partial charge is 0.352 e. The Labute approximate surface area is 149 Å². The zero-order valence-electron chi connectivity index (χ0n) is 14.6. The smallest absolute Gasteiger partial charge is 0.220 e. The monoisotopic (exact) mass is 348 g/mol. The number of hydrogen-bond donors (Lipinski definition) is 1. The van der Waals surface area contributed by atoms with Crippen molar-refractivity contribution in [3.63, 3.8) is 0 Å². The topological polar surface area (TPSA) is 49.4 Å². The number of aldehydes is 1. The Hall–Kier alpha value is -1.33. The lowest BCUT2D eigenvalue weighted by Crippen LogP contribution is -2.48. The summed E-state index contributed by atoms with van der Waals surface area (Å²) in [6.45, 7) is 4.99. The number of amides is 1. The molecular formula is C19H28N2O2S. The molecule has 0 radical (unpaired) electrons. The predicted octanol–water partition coefficient (Wildman–Crippen LogP) is 2.72. The Kier molecular flexibility index (Phi) is 7.79. The van der Waals surface area contributed by atoms with Gasteiger partial charge in [0, 0.05) is 30.6 Å². The van der Waals surface area contributed by atoms with Crippen LogP contribution in [0.1, 0.15) is 32.3 Å². The van der Waals surface area contributed by atoms with E-state index in [2.05, 4.69) is 36.2 Å². The van der Waals surface area contributed by atoms with Crippen LogP contribution in [0.4, 0.5) is 0 Å². The van der Waals surface area contributed by atoms with E-state index in [-0.39, 0.29) is 18.0 Å². The summed E-state index contributed by atoms with van der Waals surface area (Å²) in [4.78, 5) is 25.6. The first-order valence-corrected chi connectivity index (χ1v) is 9.86. The molecule has 0 aromatic heterocycles. The fourth-order valence-corrected chi connectivity index (χ4v) is 4.03. The van der Waals surface area contributed by atoms with Gasteiger partial charge in [0.25, 0.3) is 0 Å². The van der Waals surface area contributed by atoms with Crippen molar-refractivity contribution in [1.29, 1.82) is 0 Å². The van der Waals surface area contributed by atoms with Crippen molar-refractivity contribution >= 4 is 24.0 Å². The Morgan fingerprint density at radius 3 is 2.79 bits per heavy atom. The summed E-state index contributed by atoms with van der Waals surface area (Å²) in [5.41, 5.74) is 1.27. The highest BCUT2D eigenvalue weighted by atomic mass is 32.2. The molecule has 24 heavy (non-hydrogen) atoms. The average Bonchev–Trinajstić information content (AvgIpc) is 3.02. The molecular weight excluding hydrogens is 320 g/mol. The number of thioether (sulfide) groups is 1. The first-order valence-electron chi connectivity index (χ1n) is 8.70. The molecule has 5 heteroatoms. The van der Waals surface area contributed by atoms with Crippen molar-refractivity contribution in [1.82, 2.24) is 10.2 Å². The zero-order chi connectivity index (χ0) is 17.4. The van der Waals surface area contributed by atoms with Crippen LogP contribution in [0.2, 0.25) is 0 Å². The van der Waals surface area contributed by atoms with E-state index in [1.165, 1.54) is 5.56 Å². The van der Waals surface area contributed by atoms with Gasteiger partial charge in [0.2, 0.25) is 5.91 Å². The molecule has 1 saturated heterocycles. The number of carbonyl (C=O) groups excluding carboxylic acids is 2. The van der Waals surface area contributed by atoms with Crippen molar-refractivity contribution < 1.29 is 9.59 Å². The molecule has 2 rings (SSSR count). The summed E-state index contributed by atoms with van der Waals surface area (Å²) in [6.07, 6.45) is 3.36. The number of hydrogen-bond acceptors (Lipinski definition) is 4. The SMILES string of the molecule is CC(C)C(CN1CSC[C@H]1C=O)NC(=O)CCCc1ccccc1. The molecule has 132 valence electrons. The summed E-state index contributed by atoms with van der Waals surface area (Å²) in [7, 11) is 0. The summed E-state index contributed by atoms with van der Waals surface area (Å²) in [6, 6.07) is 10.3. The van der Waals surface area contributed by atoms with Crippen molar-refractivity contribution in [3.05, 3.63) is 35.9 Å². The molecule has 1 unspecified atom stereocenters. The Bertz CT molecular complexity index is 521. The van der Waals surface area contributed by atoms with Crippen LogP contribution in [-0.4, -0.2) is 47.4 Å². The van der Waals surface area contributed by atoms with E-state index in [1.54, 1.807) is 11.8 Å². The van der Waals surface area contributed by atoms with Crippen LogP contribution in [0.3, 0.4) is 0 Å². The molecule has 0 aliphatic carbocycles. The van der Waals surface area contributed by atoms with Gasteiger partial charge in [-0.1, -0.05) is 44.2 Å². The minimum atomic E-state index is -0.00812. The third-order valence-corrected chi connectivity index (χ3v) is 5.56. The van der Waals surface area contributed by atoms with Crippen LogP contribution in [-0.2, 0) is 16.0 Å². The van der Waals surface area contributed by atoms with Crippen molar-refractivity contribution in [2.75, 3.05) is 18.2 Å². The maximum absolute atomic E-state index is 12.3. The van der Waals surface area contributed by atoms with E-state index >= 15 is 0 Å². The van der Waals surface area contributed by atoms with Gasteiger partial charge in [-0.15, -0.1) is 11.8 Å². The van der Waals surface area contributed by atoms with Crippen LogP contribution in [0.15, 0.2) is 30.3 Å². The normalized spacial score (nSPS) is 19.4. The van der Waals surface area contributed by atoms with Gasteiger partial charge in [-0.25, -0.2) is 0 Å². The highest BCUT2D eigenvalue weighted by Gasteiger charge is 2.28. The van der Waals surface area contributed by atoms with E-state index in [4.69, 9.17) is 0 Å². The summed E-state index contributed by atoms with van der Waals surface area (Å²) in [5, 5.41) is 3.17. The third kappa shape index (κ3) is 5.95. The summed E-state index contributed by atoms with van der Waals surface area (Å²) in [5.74, 6) is 2.19. The molecule has 1 heterocycles. The number of rotatable bonds is 9. The average molecular weight is 349 g/mol. The highest BCUT2D eigenvalue weighted by Crippen LogP contribution is 2.20. The number of carbonyl (C=O) groups is 2. The molecule has 1 aliphatic heterocycles. The van der Waals surface area contributed by atoms with Crippen LogP contribution in [0, 0.1) is 5.92 Å². The second-order valence-electron chi connectivity index (χ2n) is 6.73. The number of benzene rings is 1. The molecule has 0 saturated carbocycles. The van der Waals surface area contributed by atoms with Gasteiger partial charge in [-0.3, -0.25) is 9.69 Å². The van der Waals surface area contributed by atoms with Gasteiger partial charge in [0.1, 0.15) is 6.29 Å². The molecule has 1 fully saturated rings. The molecule has 4 nitrogen and oxygen atoms in total. The van der Waals surface area contributed by atoms with E-state index in [9.17, 15) is 9.59 Å². The minimum Gasteiger partial charge on any atom is -0.352 e. The van der Waals surface area contributed by atoms with E-state index in [0.29, 0.717) is 12.3 Å². The number of nitrogens with zero attached hydrogens (tertiary/aromatic N) is 1. The van der Waals surface area contributed by atoms with Gasteiger partial charge >= 0.3 is 0 Å². The molecule has 1 aromatic rings. The van der Waals surface area contributed by atoms with Gasteiger partial charge in [0.15, 0.2) is 0 Å². The van der Waals surface area contributed by atoms with E-state index in [0.717, 1.165) is 37.3 Å². The van der Waals surface area contributed by atoms with Crippen LogP contribution < -0.4 is 5.32 Å². The van der Waals surface area contributed by atoms with Crippen molar-refractivity contribution in [2.24, 2.45) is 5.92 Å². The first-order chi connectivity index (χ1) is 11.6. The second kappa shape index (κ2) is 9.84.